The number of benzene rings is 2. The van der Waals surface area contributed by atoms with E-state index in [1.54, 1.807) is 48.5 Å². The topological polar surface area (TPSA) is 104 Å². The Kier molecular flexibility index (Phi) is 4.66. The molecule has 0 unspecified atom stereocenters. The van der Waals surface area contributed by atoms with Crippen LogP contribution >= 0.6 is 0 Å². The molecular weight excluding hydrogens is 376 g/mol. The van der Waals surface area contributed by atoms with Gasteiger partial charge >= 0.3 is 5.97 Å². The molecule has 0 atom stereocenters. The second-order valence-corrected chi connectivity index (χ2v) is 6.04. The van der Waals surface area contributed by atoms with Gasteiger partial charge in [-0.1, -0.05) is 12.1 Å². The number of nitro groups is 1. The molecule has 2 aromatic carbocycles. The zero-order valence-electron chi connectivity index (χ0n) is 15.2. The summed E-state index contributed by atoms with van der Waals surface area (Å²) in [5.74, 6) is 1.00. The van der Waals surface area contributed by atoms with E-state index in [4.69, 9.17) is 13.9 Å². The van der Waals surface area contributed by atoms with Crippen LogP contribution in [0.3, 0.4) is 0 Å². The van der Waals surface area contributed by atoms with Crippen LogP contribution in [0.4, 0.5) is 5.69 Å². The molecule has 0 saturated carbocycles. The third-order valence-electron chi connectivity index (χ3n) is 4.23. The van der Waals surface area contributed by atoms with E-state index in [0.717, 1.165) is 0 Å². The first kappa shape index (κ1) is 18.2. The summed E-state index contributed by atoms with van der Waals surface area (Å²) in [6, 6.07) is 16.4. The molecule has 4 rings (SSSR count). The zero-order valence-corrected chi connectivity index (χ0v) is 15.2. The van der Waals surface area contributed by atoms with Gasteiger partial charge in [0.25, 0.3) is 5.69 Å². The van der Waals surface area contributed by atoms with Crippen molar-refractivity contribution in [3.8, 4) is 17.1 Å². The fourth-order valence-corrected chi connectivity index (χ4v) is 2.81. The lowest BCUT2D eigenvalue weighted by Gasteiger charge is -2.05. The van der Waals surface area contributed by atoms with Gasteiger partial charge in [0, 0.05) is 23.8 Å². The van der Waals surface area contributed by atoms with Crippen LogP contribution < -0.4 is 4.74 Å². The molecule has 0 fully saturated rings. The van der Waals surface area contributed by atoms with Gasteiger partial charge in [-0.2, -0.15) is 0 Å². The molecule has 1 aromatic heterocycles. The first-order valence-electron chi connectivity index (χ1n) is 8.56. The van der Waals surface area contributed by atoms with Crippen molar-refractivity contribution in [2.45, 2.75) is 0 Å². The number of nitro benzene ring substituents is 1. The molecule has 0 amide bonds. The Morgan fingerprint density at radius 3 is 2.55 bits per heavy atom. The van der Waals surface area contributed by atoms with Crippen LogP contribution in [0.5, 0.6) is 5.75 Å². The van der Waals surface area contributed by atoms with Crippen molar-refractivity contribution in [3.63, 3.8) is 0 Å². The van der Waals surface area contributed by atoms with Crippen molar-refractivity contribution in [2.24, 2.45) is 4.99 Å². The Labute approximate surface area is 164 Å². The molecule has 3 aromatic rings. The molecule has 0 N–H and O–H groups in total. The Bertz CT molecular complexity index is 1160. The van der Waals surface area contributed by atoms with Crippen molar-refractivity contribution < 1.29 is 23.6 Å². The number of nitrogens with zero attached hydrogens (tertiary/aromatic N) is 2. The van der Waals surface area contributed by atoms with Gasteiger partial charge in [-0.05, 0) is 36.4 Å². The van der Waals surface area contributed by atoms with Crippen molar-refractivity contribution in [1.29, 1.82) is 0 Å². The minimum absolute atomic E-state index is 0.00504. The molecule has 8 nitrogen and oxygen atoms in total. The maximum atomic E-state index is 12.2. The monoisotopic (exact) mass is 390 g/mol. The summed E-state index contributed by atoms with van der Waals surface area (Å²) in [5.41, 5.74) is 1.33. The van der Waals surface area contributed by atoms with Crippen LogP contribution in [0.2, 0.25) is 0 Å². The number of non-ortho nitro benzene ring substituents is 1. The average Bonchev–Trinajstić information content (AvgIpc) is 3.35. The van der Waals surface area contributed by atoms with Gasteiger partial charge in [-0.15, -0.1) is 0 Å². The van der Waals surface area contributed by atoms with Crippen LogP contribution in [0, 0.1) is 10.1 Å². The summed E-state index contributed by atoms with van der Waals surface area (Å²) < 4.78 is 16.2. The highest BCUT2D eigenvalue weighted by Gasteiger charge is 2.26. The smallest absolute Gasteiger partial charge is 0.363 e. The fourth-order valence-electron chi connectivity index (χ4n) is 2.81. The molecule has 0 bridgehead atoms. The summed E-state index contributed by atoms with van der Waals surface area (Å²) in [6.07, 6.45) is 1.47. The summed E-state index contributed by atoms with van der Waals surface area (Å²) >= 11 is 0. The lowest BCUT2D eigenvalue weighted by atomic mass is 10.1. The molecule has 0 radical (unpaired) electrons. The number of rotatable bonds is 5. The highest BCUT2D eigenvalue weighted by Crippen LogP contribution is 2.28. The predicted molar refractivity (Wildman–Crippen MR) is 104 cm³/mol. The van der Waals surface area contributed by atoms with Crippen LogP contribution in [0.25, 0.3) is 17.4 Å². The summed E-state index contributed by atoms with van der Waals surface area (Å²) in [6.45, 7) is 0. The van der Waals surface area contributed by atoms with Gasteiger partial charge in [0.15, 0.2) is 5.70 Å². The van der Waals surface area contributed by atoms with E-state index in [1.807, 2.05) is 0 Å². The number of cyclic esters (lactones) is 1. The average molecular weight is 390 g/mol. The molecule has 0 saturated heterocycles. The van der Waals surface area contributed by atoms with Gasteiger partial charge in [0.2, 0.25) is 5.90 Å². The van der Waals surface area contributed by atoms with E-state index in [2.05, 4.69) is 4.99 Å². The minimum Gasteiger partial charge on any atom is -0.496 e. The first-order chi connectivity index (χ1) is 14.0. The number of aliphatic imine (C=N–C) groups is 1. The number of carbonyl (C=O) groups is 1. The van der Waals surface area contributed by atoms with Gasteiger partial charge < -0.3 is 13.9 Å². The van der Waals surface area contributed by atoms with Gasteiger partial charge in [-0.3, -0.25) is 10.1 Å². The van der Waals surface area contributed by atoms with Crippen molar-refractivity contribution in [1.82, 2.24) is 0 Å². The molecule has 2 heterocycles. The predicted octanol–water partition coefficient (Wildman–Crippen LogP) is 4.21. The molecule has 8 heteroatoms. The summed E-state index contributed by atoms with van der Waals surface area (Å²) in [7, 11) is 1.52. The zero-order chi connectivity index (χ0) is 20.4. The number of methoxy groups -OCH3 is 1. The Morgan fingerprint density at radius 1 is 1.07 bits per heavy atom. The van der Waals surface area contributed by atoms with Crippen LogP contribution in [0.1, 0.15) is 11.3 Å². The van der Waals surface area contributed by atoms with Crippen molar-refractivity contribution >= 4 is 23.6 Å². The third kappa shape index (κ3) is 3.63. The standard InChI is InChI=1S/C21H14N2O6/c1-27-19-5-3-2-4-16(19)20-22-17(21(24)29-20)12-15-10-11-18(28-15)13-6-8-14(9-7-13)23(25)26/h2-12H,1H3/b17-12-. The van der Waals surface area contributed by atoms with Gasteiger partial charge in [-0.25, -0.2) is 9.79 Å². The second kappa shape index (κ2) is 7.43. The van der Waals surface area contributed by atoms with Crippen LogP contribution in [-0.4, -0.2) is 23.9 Å². The lowest BCUT2D eigenvalue weighted by Crippen LogP contribution is -2.06. The molecule has 29 heavy (non-hydrogen) atoms. The van der Waals surface area contributed by atoms with E-state index in [9.17, 15) is 14.9 Å². The lowest BCUT2D eigenvalue weighted by molar-refractivity contribution is -0.384. The van der Waals surface area contributed by atoms with Gasteiger partial charge in [0.05, 0.1) is 17.6 Å². The Balaban J connectivity index is 1.60. The normalized spacial score (nSPS) is 14.6. The number of ether oxygens (including phenoxy) is 2. The third-order valence-corrected chi connectivity index (χ3v) is 4.23. The van der Waals surface area contributed by atoms with E-state index >= 15 is 0 Å². The number of para-hydroxylation sites is 1. The number of carbonyl (C=O) groups excluding carboxylic acids is 1. The SMILES string of the molecule is COc1ccccc1C1=N/C(=C\c2ccc(-c3ccc([N+](=O)[O-])cc3)o2)C(=O)O1. The highest BCUT2D eigenvalue weighted by molar-refractivity contribution is 6.13. The maximum absolute atomic E-state index is 12.2. The molecule has 1 aliphatic rings. The largest absolute Gasteiger partial charge is 0.496 e. The number of furan rings is 1. The summed E-state index contributed by atoms with van der Waals surface area (Å²) in [5, 5.41) is 10.8. The molecule has 1 aliphatic heterocycles. The number of hydrogen-bond acceptors (Lipinski definition) is 7. The van der Waals surface area contributed by atoms with Crippen molar-refractivity contribution in [3.05, 3.63) is 87.8 Å². The Morgan fingerprint density at radius 2 is 1.83 bits per heavy atom. The second-order valence-electron chi connectivity index (χ2n) is 6.04. The fraction of sp³-hybridized carbons (Fsp3) is 0.0476. The number of esters is 1. The molecular formula is C21H14N2O6. The van der Waals surface area contributed by atoms with Gasteiger partial charge in [0.1, 0.15) is 17.3 Å². The first-order valence-corrected chi connectivity index (χ1v) is 8.56. The van der Waals surface area contributed by atoms with Crippen molar-refractivity contribution in [2.75, 3.05) is 7.11 Å². The van der Waals surface area contributed by atoms with E-state index in [1.165, 1.54) is 25.3 Å². The van der Waals surface area contributed by atoms with Crippen LogP contribution in [0.15, 0.2) is 75.8 Å². The minimum atomic E-state index is -0.598. The Hall–Kier alpha value is -4.20. The van der Waals surface area contributed by atoms with Crippen LogP contribution in [-0.2, 0) is 9.53 Å². The number of hydrogen-bond donors (Lipinski definition) is 0. The van der Waals surface area contributed by atoms with E-state index < -0.39 is 10.9 Å². The van der Waals surface area contributed by atoms with E-state index in [0.29, 0.717) is 28.4 Å². The highest BCUT2D eigenvalue weighted by atomic mass is 16.6. The quantitative estimate of drug-likeness (QED) is 0.280. The maximum Gasteiger partial charge on any atom is 0.363 e. The van der Waals surface area contributed by atoms with E-state index in [-0.39, 0.29) is 17.3 Å². The molecule has 0 spiro atoms. The molecule has 144 valence electrons. The summed E-state index contributed by atoms with van der Waals surface area (Å²) in [4.78, 5) is 26.7. The molecule has 0 aliphatic carbocycles.